The molecule has 0 unspecified atom stereocenters. The Morgan fingerprint density at radius 3 is 3.10 bits per heavy atom. The van der Waals surface area contributed by atoms with E-state index in [1.54, 1.807) is 6.07 Å². The van der Waals surface area contributed by atoms with Gasteiger partial charge in [0, 0.05) is 32.4 Å². The summed E-state index contributed by atoms with van der Waals surface area (Å²) in [5, 5.41) is 2.77. The van der Waals surface area contributed by atoms with Gasteiger partial charge in [0.05, 0.1) is 12.7 Å². The number of H-pyrrole nitrogens is 1. The molecule has 2 N–H and O–H groups in total. The summed E-state index contributed by atoms with van der Waals surface area (Å²) in [6.45, 7) is 8.25. The molecule has 1 fully saturated rings. The van der Waals surface area contributed by atoms with Crippen molar-refractivity contribution in [3.8, 4) is 0 Å². The average Bonchev–Trinajstić information content (AvgIpc) is 2.45. The van der Waals surface area contributed by atoms with Crippen LogP contribution in [0.1, 0.15) is 24.2 Å². The number of pyridine rings is 1. The van der Waals surface area contributed by atoms with Crippen LogP contribution in [0.3, 0.4) is 0 Å². The van der Waals surface area contributed by atoms with E-state index in [9.17, 15) is 9.59 Å². The SMILES string of the molecule is CC(C)CN1CCO[C@@H](CNC(=O)c2ccc[nH]c2=O)C1. The van der Waals surface area contributed by atoms with Gasteiger partial charge in [-0.05, 0) is 18.1 Å². The molecular weight excluding hydrogens is 270 g/mol. The fourth-order valence-electron chi connectivity index (χ4n) is 2.49. The highest BCUT2D eigenvalue weighted by Crippen LogP contribution is 2.07. The summed E-state index contributed by atoms with van der Waals surface area (Å²) >= 11 is 0. The molecule has 6 nitrogen and oxygen atoms in total. The smallest absolute Gasteiger partial charge is 0.260 e. The Balaban J connectivity index is 1.84. The van der Waals surface area contributed by atoms with Gasteiger partial charge in [0.15, 0.2) is 0 Å². The van der Waals surface area contributed by atoms with Crippen LogP contribution in [-0.2, 0) is 4.74 Å². The highest BCUT2D eigenvalue weighted by Gasteiger charge is 2.21. The maximum atomic E-state index is 12.0. The van der Waals surface area contributed by atoms with Gasteiger partial charge < -0.3 is 15.0 Å². The summed E-state index contributed by atoms with van der Waals surface area (Å²) in [6, 6.07) is 3.15. The lowest BCUT2D eigenvalue weighted by Crippen LogP contribution is -2.48. The van der Waals surface area contributed by atoms with Crippen molar-refractivity contribution in [2.45, 2.75) is 20.0 Å². The van der Waals surface area contributed by atoms with Gasteiger partial charge in [0.25, 0.3) is 11.5 Å². The van der Waals surface area contributed by atoms with Gasteiger partial charge in [-0.25, -0.2) is 0 Å². The molecule has 116 valence electrons. The third kappa shape index (κ3) is 4.68. The summed E-state index contributed by atoms with van der Waals surface area (Å²) in [6.07, 6.45) is 1.48. The van der Waals surface area contributed by atoms with Crippen molar-refractivity contribution >= 4 is 5.91 Å². The highest BCUT2D eigenvalue weighted by molar-refractivity contribution is 5.93. The first-order valence-corrected chi connectivity index (χ1v) is 7.36. The molecule has 6 heteroatoms. The summed E-state index contributed by atoms with van der Waals surface area (Å²) < 4.78 is 5.66. The Labute approximate surface area is 124 Å². The average molecular weight is 293 g/mol. The molecule has 1 aliphatic heterocycles. The fourth-order valence-corrected chi connectivity index (χ4v) is 2.49. The fraction of sp³-hybridized carbons (Fsp3) is 0.600. The van der Waals surface area contributed by atoms with E-state index in [1.165, 1.54) is 12.3 Å². The molecular formula is C15H23N3O3. The molecule has 0 aliphatic carbocycles. The third-order valence-corrected chi connectivity index (χ3v) is 3.40. The molecule has 0 aromatic carbocycles. The van der Waals surface area contributed by atoms with Crippen LogP contribution in [0, 0.1) is 5.92 Å². The number of aromatic nitrogens is 1. The number of amides is 1. The zero-order chi connectivity index (χ0) is 15.2. The summed E-state index contributed by atoms with van der Waals surface area (Å²) in [5.41, 5.74) is -0.242. The second-order valence-corrected chi connectivity index (χ2v) is 5.77. The second-order valence-electron chi connectivity index (χ2n) is 5.77. The topological polar surface area (TPSA) is 74.4 Å². The van der Waals surface area contributed by atoms with E-state index in [0.29, 0.717) is 19.1 Å². The van der Waals surface area contributed by atoms with Gasteiger partial charge in [0.2, 0.25) is 0 Å². The molecule has 0 bridgehead atoms. The molecule has 2 heterocycles. The van der Waals surface area contributed by atoms with Crippen LogP contribution in [0.25, 0.3) is 0 Å². The number of carbonyl (C=O) groups is 1. The van der Waals surface area contributed by atoms with Crippen molar-refractivity contribution in [1.29, 1.82) is 0 Å². The Morgan fingerprint density at radius 1 is 1.57 bits per heavy atom. The Morgan fingerprint density at radius 2 is 2.38 bits per heavy atom. The molecule has 1 saturated heterocycles. The summed E-state index contributed by atoms with van der Waals surface area (Å²) in [5.74, 6) is 0.252. The predicted octanol–water partition coefficient (Wildman–Crippen LogP) is 0.461. The predicted molar refractivity (Wildman–Crippen MR) is 80.4 cm³/mol. The molecule has 1 aliphatic rings. The van der Waals surface area contributed by atoms with E-state index in [4.69, 9.17) is 4.74 Å². The number of carbonyl (C=O) groups excluding carboxylic acids is 1. The lowest BCUT2D eigenvalue weighted by atomic mass is 10.1. The van der Waals surface area contributed by atoms with Crippen molar-refractivity contribution in [1.82, 2.24) is 15.2 Å². The number of morpholine rings is 1. The summed E-state index contributed by atoms with van der Waals surface area (Å²) in [7, 11) is 0. The molecule has 0 spiro atoms. The number of hydrogen-bond acceptors (Lipinski definition) is 4. The first kappa shape index (κ1) is 15.7. The zero-order valence-corrected chi connectivity index (χ0v) is 12.6. The minimum atomic E-state index is -0.374. The number of nitrogens with one attached hydrogen (secondary N) is 2. The van der Waals surface area contributed by atoms with Gasteiger partial charge in [-0.2, -0.15) is 0 Å². The quantitative estimate of drug-likeness (QED) is 0.827. The van der Waals surface area contributed by atoms with E-state index in [2.05, 4.69) is 29.0 Å². The monoisotopic (exact) mass is 293 g/mol. The normalized spacial score (nSPS) is 19.7. The standard InChI is InChI=1S/C15H23N3O3/c1-11(2)9-18-6-7-21-12(10-18)8-17-15(20)13-4-3-5-16-14(13)19/h3-5,11-12H,6-10H2,1-2H3,(H,16,19)(H,17,20)/t12-/m0/s1. The van der Waals surface area contributed by atoms with Gasteiger partial charge in [-0.1, -0.05) is 13.8 Å². The van der Waals surface area contributed by atoms with Crippen LogP contribution in [0.15, 0.2) is 23.1 Å². The molecule has 1 aromatic heterocycles. The van der Waals surface area contributed by atoms with Crippen LogP contribution < -0.4 is 10.9 Å². The van der Waals surface area contributed by atoms with E-state index < -0.39 is 0 Å². The first-order chi connectivity index (χ1) is 10.1. The van der Waals surface area contributed by atoms with Crippen molar-refractivity contribution < 1.29 is 9.53 Å². The molecule has 0 radical (unpaired) electrons. The Kier molecular flexibility index (Phi) is 5.52. The highest BCUT2D eigenvalue weighted by atomic mass is 16.5. The Bertz CT molecular complexity index is 527. The lowest BCUT2D eigenvalue weighted by molar-refractivity contribution is -0.0295. The molecule has 1 aromatic rings. The van der Waals surface area contributed by atoms with Crippen LogP contribution in [0.5, 0.6) is 0 Å². The second kappa shape index (κ2) is 7.38. The maximum Gasteiger partial charge on any atom is 0.260 e. The van der Waals surface area contributed by atoms with Crippen molar-refractivity contribution in [3.05, 3.63) is 34.2 Å². The molecule has 1 amide bonds. The molecule has 2 rings (SSSR count). The number of ether oxygens (including phenoxy) is 1. The van der Waals surface area contributed by atoms with Crippen LogP contribution in [0.4, 0.5) is 0 Å². The van der Waals surface area contributed by atoms with E-state index >= 15 is 0 Å². The largest absolute Gasteiger partial charge is 0.374 e. The number of rotatable bonds is 5. The molecule has 0 saturated carbocycles. The van der Waals surface area contributed by atoms with Gasteiger partial charge in [0.1, 0.15) is 5.56 Å². The van der Waals surface area contributed by atoms with Gasteiger partial charge >= 0.3 is 0 Å². The van der Waals surface area contributed by atoms with Crippen LogP contribution in [-0.4, -0.2) is 54.7 Å². The number of aromatic amines is 1. The van der Waals surface area contributed by atoms with E-state index in [1.807, 2.05) is 0 Å². The minimum absolute atomic E-state index is 0.0238. The number of hydrogen-bond donors (Lipinski definition) is 2. The van der Waals surface area contributed by atoms with Crippen molar-refractivity contribution in [2.24, 2.45) is 5.92 Å². The Hall–Kier alpha value is -1.66. The van der Waals surface area contributed by atoms with E-state index in [-0.39, 0.29) is 23.1 Å². The van der Waals surface area contributed by atoms with E-state index in [0.717, 1.165) is 19.6 Å². The van der Waals surface area contributed by atoms with Crippen LogP contribution >= 0.6 is 0 Å². The van der Waals surface area contributed by atoms with Crippen molar-refractivity contribution in [2.75, 3.05) is 32.8 Å². The molecule has 21 heavy (non-hydrogen) atoms. The molecule has 1 atom stereocenters. The third-order valence-electron chi connectivity index (χ3n) is 3.40. The zero-order valence-electron chi connectivity index (χ0n) is 12.6. The van der Waals surface area contributed by atoms with Crippen LogP contribution in [0.2, 0.25) is 0 Å². The maximum absolute atomic E-state index is 12.0. The summed E-state index contributed by atoms with van der Waals surface area (Å²) in [4.78, 5) is 28.3. The van der Waals surface area contributed by atoms with Gasteiger partial charge in [-0.3, -0.25) is 14.5 Å². The lowest BCUT2D eigenvalue weighted by Gasteiger charge is -2.33. The number of nitrogens with zero attached hydrogens (tertiary/aromatic N) is 1. The minimum Gasteiger partial charge on any atom is -0.374 e. The van der Waals surface area contributed by atoms with Crippen molar-refractivity contribution in [3.63, 3.8) is 0 Å². The first-order valence-electron chi connectivity index (χ1n) is 7.36. The van der Waals surface area contributed by atoms with Gasteiger partial charge in [-0.15, -0.1) is 0 Å².